The first-order valence-corrected chi connectivity index (χ1v) is 12.4. The van der Waals surface area contributed by atoms with Gasteiger partial charge in [0, 0.05) is 24.2 Å². The van der Waals surface area contributed by atoms with Crippen molar-refractivity contribution in [1.29, 1.82) is 0 Å². The Morgan fingerprint density at radius 3 is 2.57 bits per heavy atom. The number of fused-ring (bicyclic) bond motifs is 2. The van der Waals surface area contributed by atoms with Crippen molar-refractivity contribution in [2.24, 2.45) is 11.8 Å². The van der Waals surface area contributed by atoms with Crippen molar-refractivity contribution in [3.63, 3.8) is 0 Å². The van der Waals surface area contributed by atoms with Crippen molar-refractivity contribution >= 4 is 27.8 Å². The maximum absolute atomic E-state index is 12.4. The Bertz CT molecular complexity index is 1430. The van der Waals surface area contributed by atoms with Gasteiger partial charge in [-0.3, -0.25) is 0 Å². The fraction of sp³-hybridized carbons (Fsp3) is 0.379. The number of hydrogen-bond acceptors (Lipinski definition) is 5. The zero-order valence-electron chi connectivity index (χ0n) is 20.0. The van der Waals surface area contributed by atoms with Crippen LogP contribution in [0.4, 0.5) is 0 Å². The minimum absolute atomic E-state index is 0.104. The number of aromatic nitrogens is 1. The Balaban J connectivity index is 1.37. The van der Waals surface area contributed by atoms with E-state index in [0.717, 1.165) is 61.0 Å². The van der Waals surface area contributed by atoms with Crippen LogP contribution in [0.25, 0.3) is 33.3 Å². The van der Waals surface area contributed by atoms with Crippen molar-refractivity contribution in [3.05, 3.63) is 59.2 Å². The standard InChI is InChI=1S/C29H29NO5/c1-16-7-8-25(34-20-13-19(14-20)18-9-11-33-12-10-18)26-22(29(31)32)15-23(30-27(16)26)28-17(2)21-5-3-4-6-24(21)35-28/h3-8,15,18-20H,9-14H2,1-2H3,(H,31,32). The van der Waals surface area contributed by atoms with Gasteiger partial charge in [-0.15, -0.1) is 0 Å². The number of benzene rings is 2. The molecule has 1 N–H and O–H groups in total. The zero-order chi connectivity index (χ0) is 24.1. The monoisotopic (exact) mass is 471 g/mol. The summed E-state index contributed by atoms with van der Waals surface area (Å²) in [6, 6.07) is 13.3. The van der Waals surface area contributed by atoms with Gasteiger partial charge < -0.3 is 19.0 Å². The number of aryl methyl sites for hydroxylation is 2. The zero-order valence-corrected chi connectivity index (χ0v) is 20.0. The van der Waals surface area contributed by atoms with Gasteiger partial charge in [-0.25, -0.2) is 9.78 Å². The lowest BCUT2D eigenvalue weighted by atomic mass is 9.71. The van der Waals surface area contributed by atoms with Crippen molar-refractivity contribution < 1.29 is 23.8 Å². The molecule has 0 unspecified atom stereocenters. The van der Waals surface area contributed by atoms with Crippen molar-refractivity contribution in [1.82, 2.24) is 4.98 Å². The van der Waals surface area contributed by atoms with E-state index < -0.39 is 5.97 Å². The van der Waals surface area contributed by atoms with E-state index in [1.807, 2.05) is 50.2 Å². The molecule has 0 atom stereocenters. The van der Waals surface area contributed by atoms with Crippen LogP contribution in [0.2, 0.25) is 0 Å². The van der Waals surface area contributed by atoms with Crippen LogP contribution in [-0.2, 0) is 4.74 Å². The smallest absolute Gasteiger partial charge is 0.336 e. The van der Waals surface area contributed by atoms with Gasteiger partial charge in [-0.05, 0) is 75.1 Å². The largest absolute Gasteiger partial charge is 0.490 e. The van der Waals surface area contributed by atoms with Gasteiger partial charge in [-0.1, -0.05) is 24.3 Å². The van der Waals surface area contributed by atoms with Crippen molar-refractivity contribution in [2.45, 2.75) is 45.6 Å². The normalized spacial score (nSPS) is 20.7. The van der Waals surface area contributed by atoms with Crippen LogP contribution in [0.1, 0.15) is 47.2 Å². The highest BCUT2D eigenvalue weighted by Crippen LogP contribution is 2.43. The van der Waals surface area contributed by atoms with Crippen LogP contribution in [-0.4, -0.2) is 35.4 Å². The fourth-order valence-corrected chi connectivity index (χ4v) is 5.70. The van der Waals surface area contributed by atoms with Crippen LogP contribution >= 0.6 is 0 Å². The van der Waals surface area contributed by atoms with Gasteiger partial charge in [0.05, 0.1) is 22.6 Å². The third-order valence-corrected chi connectivity index (χ3v) is 7.79. The Morgan fingerprint density at radius 1 is 1.06 bits per heavy atom. The molecular formula is C29H29NO5. The second-order valence-electron chi connectivity index (χ2n) is 9.94. The number of carboxylic acid groups (broad SMARTS) is 1. The number of para-hydroxylation sites is 1. The molecule has 1 saturated heterocycles. The average molecular weight is 472 g/mol. The molecule has 1 saturated carbocycles. The first kappa shape index (κ1) is 22.1. The summed E-state index contributed by atoms with van der Waals surface area (Å²) >= 11 is 0. The molecule has 180 valence electrons. The summed E-state index contributed by atoms with van der Waals surface area (Å²) in [5, 5.41) is 11.7. The SMILES string of the molecule is Cc1c(-c2cc(C(=O)O)c3c(OC4CC(C5CCOCC5)C4)ccc(C)c3n2)oc2ccccc12. The molecule has 1 aliphatic carbocycles. The van der Waals surface area contributed by atoms with Gasteiger partial charge in [-0.2, -0.15) is 0 Å². The Kier molecular flexibility index (Phi) is 5.49. The molecular weight excluding hydrogens is 442 g/mol. The molecule has 0 spiro atoms. The summed E-state index contributed by atoms with van der Waals surface area (Å²) in [7, 11) is 0. The summed E-state index contributed by atoms with van der Waals surface area (Å²) in [5.74, 6) is 1.57. The minimum Gasteiger partial charge on any atom is -0.490 e. The quantitative estimate of drug-likeness (QED) is 0.356. The molecule has 4 aromatic rings. The lowest BCUT2D eigenvalue weighted by Crippen LogP contribution is -2.39. The molecule has 3 heterocycles. The highest BCUT2D eigenvalue weighted by molar-refractivity contribution is 6.07. The molecule has 0 radical (unpaired) electrons. The highest BCUT2D eigenvalue weighted by atomic mass is 16.5. The molecule has 6 heteroatoms. The lowest BCUT2D eigenvalue weighted by molar-refractivity contribution is -0.0150. The predicted molar refractivity (Wildman–Crippen MR) is 134 cm³/mol. The molecule has 2 aromatic carbocycles. The fourth-order valence-electron chi connectivity index (χ4n) is 5.70. The number of furan rings is 1. The third-order valence-electron chi connectivity index (χ3n) is 7.79. The van der Waals surface area contributed by atoms with Crippen LogP contribution in [0.15, 0.2) is 46.9 Å². The average Bonchev–Trinajstić information content (AvgIpc) is 3.19. The van der Waals surface area contributed by atoms with Gasteiger partial charge in [0.2, 0.25) is 0 Å². The predicted octanol–water partition coefficient (Wildman–Crippen LogP) is 6.55. The minimum atomic E-state index is -1.00. The van der Waals surface area contributed by atoms with E-state index in [1.54, 1.807) is 6.07 Å². The number of ether oxygens (including phenoxy) is 2. The van der Waals surface area contributed by atoms with E-state index in [0.29, 0.717) is 39.9 Å². The Labute approximate surface area is 203 Å². The highest BCUT2D eigenvalue weighted by Gasteiger charge is 2.37. The summed E-state index contributed by atoms with van der Waals surface area (Å²) in [4.78, 5) is 17.3. The lowest BCUT2D eigenvalue weighted by Gasteiger charge is -2.41. The third kappa shape index (κ3) is 3.86. The van der Waals surface area contributed by atoms with Gasteiger partial charge >= 0.3 is 5.97 Å². The summed E-state index contributed by atoms with van der Waals surface area (Å²) < 4.78 is 18.0. The number of carbonyl (C=O) groups is 1. The molecule has 35 heavy (non-hydrogen) atoms. The van der Waals surface area contributed by atoms with Gasteiger partial charge in [0.1, 0.15) is 17.0 Å². The van der Waals surface area contributed by atoms with E-state index >= 15 is 0 Å². The summed E-state index contributed by atoms with van der Waals surface area (Å²) in [6.07, 6.45) is 4.37. The summed E-state index contributed by atoms with van der Waals surface area (Å²) in [5.41, 5.74) is 3.95. The van der Waals surface area contributed by atoms with Crippen molar-refractivity contribution in [2.75, 3.05) is 13.2 Å². The molecule has 6 nitrogen and oxygen atoms in total. The van der Waals surface area contributed by atoms with Crippen LogP contribution in [0.5, 0.6) is 5.75 Å². The first-order valence-electron chi connectivity index (χ1n) is 12.4. The summed E-state index contributed by atoms with van der Waals surface area (Å²) in [6.45, 7) is 5.64. The van der Waals surface area contributed by atoms with Crippen molar-refractivity contribution in [3.8, 4) is 17.2 Å². The first-order chi connectivity index (χ1) is 17.0. The second kappa shape index (κ2) is 8.68. The molecule has 6 rings (SSSR count). The maximum Gasteiger partial charge on any atom is 0.336 e. The van der Waals surface area contributed by atoms with E-state index in [9.17, 15) is 9.90 Å². The number of hydrogen-bond donors (Lipinski definition) is 1. The number of nitrogens with zero attached hydrogens (tertiary/aromatic N) is 1. The molecule has 1 aliphatic heterocycles. The van der Waals surface area contributed by atoms with E-state index in [1.165, 1.54) is 0 Å². The number of pyridine rings is 1. The van der Waals surface area contributed by atoms with E-state index in [2.05, 4.69) is 0 Å². The molecule has 2 aromatic heterocycles. The maximum atomic E-state index is 12.4. The van der Waals surface area contributed by atoms with Gasteiger partial charge in [0.15, 0.2) is 5.76 Å². The topological polar surface area (TPSA) is 81.8 Å². The molecule has 2 fully saturated rings. The Hall–Kier alpha value is -3.38. The molecule has 0 bridgehead atoms. The number of carboxylic acids is 1. The number of rotatable bonds is 5. The number of aromatic carboxylic acids is 1. The Morgan fingerprint density at radius 2 is 1.83 bits per heavy atom. The van der Waals surface area contributed by atoms with Crippen LogP contribution in [0, 0.1) is 25.7 Å². The second-order valence-corrected chi connectivity index (χ2v) is 9.94. The van der Waals surface area contributed by atoms with Crippen LogP contribution in [0.3, 0.4) is 0 Å². The molecule has 0 amide bonds. The van der Waals surface area contributed by atoms with E-state index in [-0.39, 0.29) is 11.7 Å². The van der Waals surface area contributed by atoms with Gasteiger partial charge in [0.25, 0.3) is 0 Å². The van der Waals surface area contributed by atoms with Crippen LogP contribution < -0.4 is 4.74 Å². The van der Waals surface area contributed by atoms with E-state index in [4.69, 9.17) is 18.9 Å². The molecule has 2 aliphatic rings.